The minimum atomic E-state index is -0.128. The first-order chi connectivity index (χ1) is 14.6. The lowest BCUT2D eigenvalue weighted by Gasteiger charge is -2.19. The van der Waals surface area contributed by atoms with Gasteiger partial charge in [0.2, 0.25) is 0 Å². The second kappa shape index (κ2) is 8.82. The van der Waals surface area contributed by atoms with Crippen molar-refractivity contribution in [3.8, 4) is 11.5 Å². The van der Waals surface area contributed by atoms with Crippen LogP contribution in [0.25, 0.3) is 0 Å². The van der Waals surface area contributed by atoms with Gasteiger partial charge >= 0.3 is 0 Å². The van der Waals surface area contributed by atoms with Gasteiger partial charge in [0, 0.05) is 25.2 Å². The van der Waals surface area contributed by atoms with Crippen LogP contribution in [-0.4, -0.2) is 29.8 Å². The summed E-state index contributed by atoms with van der Waals surface area (Å²) in [4.78, 5) is 26.8. The Labute approximate surface area is 176 Å². The van der Waals surface area contributed by atoms with E-state index >= 15 is 0 Å². The zero-order valence-electron chi connectivity index (χ0n) is 16.9. The van der Waals surface area contributed by atoms with Crippen molar-refractivity contribution < 1.29 is 14.3 Å². The van der Waals surface area contributed by atoms with E-state index in [1.54, 1.807) is 36.2 Å². The van der Waals surface area contributed by atoms with Gasteiger partial charge < -0.3 is 15.0 Å². The number of nitrogens with one attached hydrogen (secondary N) is 1. The Morgan fingerprint density at radius 2 is 1.60 bits per heavy atom. The number of ether oxygens (including phenoxy) is 1. The predicted octanol–water partition coefficient (Wildman–Crippen LogP) is 4.64. The first-order valence-electron chi connectivity index (χ1n) is 10.1. The molecule has 3 aromatic carbocycles. The van der Waals surface area contributed by atoms with Gasteiger partial charge in [-0.15, -0.1) is 0 Å². The van der Waals surface area contributed by atoms with E-state index in [0.717, 1.165) is 18.4 Å². The Hall–Kier alpha value is -3.60. The van der Waals surface area contributed by atoms with Gasteiger partial charge in [0.15, 0.2) is 0 Å². The number of nitrogens with zero attached hydrogens (tertiary/aromatic N) is 1. The van der Waals surface area contributed by atoms with Crippen LogP contribution in [0.3, 0.4) is 0 Å². The summed E-state index contributed by atoms with van der Waals surface area (Å²) in [5.74, 6) is 1.03. The van der Waals surface area contributed by atoms with Crippen LogP contribution in [-0.2, 0) is 6.54 Å². The van der Waals surface area contributed by atoms with E-state index in [9.17, 15) is 9.59 Å². The molecule has 3 aromatic rings. The first-order valence-corrected chi connectivity index (χ1v) is 10.1. The van der Waals surface area contributed by atoms with Gasteiger partial charge in [-0.25, -0.2) is 0 Å². The van der Waals surface area contributed by atoms with Gasteiger partial charge in [-0.05, 0) is 54.8 Å². The maximum absolute atomic E-state index is 13.0. The van der Waals surface area contributed by atoms with Crippen molar-refractivity contribution in [3.05, 3.63) is 95.6 Å². The number of amides is 2. The summed E-state index contributed by atoms with van der Waals surface area (Å²) in [5, 5.41) is 2.98. The molecule has 5 heteroatoms. The molecule has 0 atom stereocenters. The fourth-order valence-corrected chi connectivity index (χ4v) is 3.16. The highest BCUT2D eigenvalue weighted by molar-refractivity contribution is 5.97. The van der Waals surface area contributed by atoms with Crippen molar-refractivity contribution in [2.45, 2.75) is 25.4 Å². The van der Waals surface area contributed by atoms with Crippen molar-refractivity contribution in [1.29, 1.82) is 0 Å². The topological polar surface area (TPSA) is 58.6 Å². The molecule has 152 valence electrons. The van der Waals surface area contributed by atoms with Crippen LogP contribution in [0.15, 0.2) is 78.9 Å². The minimum Gasteiger partial charge on any atom is -0.457 e. The lowest BCUT2D eigenvalue weighted by Crippen LogP contribution is -2.27. The number of rotatable bonds is 7. The molecular weight excluding hydrogens is 376 g/mol. The van der Waals surface area contributed by atoms with Crippen LogP contribution in [0.5, 0.6) is 11.5 Å². The largest absolute Gasteiger partial charge is 0.457 e. The molecule has 1 aliphatic rings. The standard InChI is InChI=1S/C25H24N2O3/c1-27(17-18-11-13-19(14-12-18)24(28)26-20-15-16-20)25(29)22-9-5-6-10-23(22)30-21-7-3-2-4-8-21/h2-14,20H,15-17H2,1H3,(H,26,28). The van der Waals surface area contributed by atoms with Crippen LogP contribution >= 0.6 is 0 Å². The van der Waals surface area contributed by atoms with E-state index in [-0.39, 0.29) is 11.8 Å². The Bertz CT molecular complexity index is 1030. The molecule has 0 radical (unpaired) electrons. The van der Waals surface area contributed by atoms with E-state index in [1.165, 1.54) is 0 Å². The molecule has 1 saturated carbocycles. The smallest absolute Gasteiger partial charge is 0.257 e. The average Bonchev–Trinajstić information content (AvgIpc) is 3.59. The summed E-state index contributed by atoms with van der Waals surface area (Å²) in [6.45, 7) is 0.434. The number of carbonyl (C=O) groups excluding carboxylic acids is 2. The SMILES string of the molecule is CN(Cc1ccc(C(=O)NC2CC2)cc1)C(=O)c1ccccc1Oc1ccccc1. The first kappa shape index (κ1) is 19.7. The maximum atomic E-state index is 13.0. The molecular formula is C25H24N2O3. The normalized spacial score (nSPS) is 12.8. The van der Waals surface area contributed by atoms with Crippen LogP contribution in [0.1, 0.15) is 39.1 Å². The zero-order chi connectivity index (χ0) is 20.9. The Balaban J connectivity index is 1.43. The number of hydrogen-bond donors (Lipinski definition) is 1. The molecule has 2 amide bonds. The van der Waals surface area contributed by atoms with E-state index in [4.69, 9.17) is 4.74 Å². The summed E-state index contributed by atoms with van der Waals surface area (Å²) < 4.78 is 5.92. The Kier molecular flexibility index (Phi) is 5.80. The Morgan fingerprint density at radius 1 is 0.933 bits per heavy atom. The lowest BCUT2D eigenvalue weighted by molar-refractivity contribution is 0.0782. The van der Waals surface area contributed by atoms with E-state index in [0.29, 0.717) is 35.2 Å². The second-order valence-corrected chi connectivity index (χ2v) is 7.52. The van der Waals surface area contributed by atoms with E-state index < -0.39 is 0 Å². The van der Waals surface area contributed by atoms with Crippen molar-refractivity contribution in [3.63, 3.8) is 0 Å². The molecule has 1 N–H and O–H groups in total. The number of para-hydroxylation sites is 2. The molecule has 0 saturated heterocycles. The number of benzene rings is 3. The summed E-state index contributed by atoms with van der Waals surface area (Å²) in [6, 6.07) is 24.3. The maximum Gasteiger partial charge on any atom is 0.257 e. The molecule has 1 aliphatic carbocycles. The molecule has 0 aliphatic heterocycles. The van der Waals surface area contributed by atoms with Crippen molar-refractivity contribution in [2.24, 2.45) is 0 Å². The van der Waals surface area contributed by atoms with Crippen molar-refractivity contribution >= 4 is 11.8 Å². The summed E-state index contributed by atoms with van der Waals surface area (Å²) >= 11 is 0. The van der Waals surface area contributed by atoms with Crippen LogP contribution in [0.4, 0.5) is 0 Å². The minimum absolute atomic E-state index is 0.0412. The molecule has 4 rings (SSSR count). The molecule has 30 heavy (non-hydrogen) atoms. The highest BCUT2D eigenvalue weighted by atomic mass is 16.5. The van der Waals surface area contributed by atoms with Crippen LogP contribution in [0.2, 0.25) is 0 Å². The van der Waals surface area contributed by atoms with Crippen molar-refractivity contribution in [2.75, 3.05) is 7.05 Å². The van der Waals surface area contributed by atoms with Gasteiger partial charge in [-0.2, -0.15) is 0 Å². The van der Waals surface area contributed by atoms with Gasteiger partial charge in [-0.1, -0.05) is 42.5 Å². The highest BCUT2D eigenvalue weighted by Gasteiger charge is 2.23. The van der Waals surface area contributed by atoms with E-state index in [1.807, 2.05) is 54.6 Å². The number of carbonyl (C=O) groups is 2. The zero-order valence-corrected chi connectivity index (χ0v) is 16.9. The van der Waals surface area contributed by atoms with Crippen LogP contribution < -0.4 is 10.1 Å². The lowest BCUT2D eigenvalue weighted by atomic mass is 10.1. The average molecular weight is 400 g/mol. The second-order valence-electron chi connectivity index (χ2n) is 7.52. The molecule has 0 bridgehead atoms. The third-order valence-corrected chi connectivity index (χ3v) is 4.98. The van der Waals surface area contributed by atoms with Gasteiger partial charge in [-0.3, -0.25) is 9.59 Å². The number of hydrogen-bond acceptors (Lipinski definition) is 3. The Morgan fingerprint density at radius 3 is 2.30 bits per heavy atom. The summed E-state index contributed by atoms with van der Waals surface area (Å²) in [7, 11) is 1.76. The molecule has 5 nitrogen and oxygen atoms in total. The highest BCUT2D eigenvalue weighted by Crippen LogP contribution is 2.26. The third-order valence-electron chi connectivity index (χ3n) is 4.98. The molecule has 1 fully saturated rings. The molecule has 0 unspecified atom stereocenters. The predicted molar refractivity (Wildman–Crippen MR) is 116 cm³/mol. The van der Waals surface area contributed by atoms with Gasteiger partial charge in [0.1, 0.15) is 11.5 Å². The van der Waals surface area contributed by atoms with Crippen LogP contribution in [0, 0.1) is 0 Å². The quantitative estimate of drug-likeness (QED) is 0.628. The summed E-state index contributed by atoms with van der Waals surface area (Å²) in [5.41, 5.74) is 2.10. The fraction of sp³-hybridized carbons (Fsp3) is 0.200. The van der Waals surface area contributed by atoms with Crippen molar-refractivity contribution in [1.82, 2.24) is 10.2 Å². The molecule has 0 heterocycles. The van der Waals surface area contributed by atoms with Gasteiger partial charge in [0.05, 0.1) is 5.56 Å². The van der Waals surface area contributed by atoms with E-state index in [2.05, 4.69) is 5.32 Å². The van der Waals surface area contributed by atoms with Gasteiger partial charge in [0.25, 0.3) is 11.8 Å². The monoisotopic (exact) mass is 400 g/mol. The molecule has 0 aromatic heterocycles. The third kappa shape index (κ3) is 4.87. The fourth-order valence-electron chi connectivity index (χ4n) is 3.16. The summed E-state index contributed by atoms with van der Waals surface area (Å²) in [6.07, 6.45) is 2.12. The molecule has 0 spiro atoms.